The van der Waals surface area contributed by atoms with Crippen molar-refractivity contribution in [2.75, 3.05) is 7.05 Å². The molecule has 5 heteroatoms. The van der Waals surface area contributed by atoms with Crippen molar-refractivity contribution >= 4 is 27.5 Å². The first-order valence-electron chi connectivity index (χ1n) is 5.22. The molecule has 1 N–H and O–H groups in total. The number of furan rings is 1. The van der Waals surface area contributed by atoms with Crippen molar-refractivity contribution < 1.29 is 4.42 Å². The molecule has 2 aromatic rings. The minimum Gasteiger partial charge on any atom is -0.448 e. The number of hydrogen-bond donors (Lipinski definition) is 1. The lowest BCUT2D eigenvalue weighted by molar-refractivity contribution is 0.428. The zero-order valence-electron chi connectivity index (χ0n) is 9.28. The number of rotatable bonds is 4. The highest BCUT2D eigenvalue weighted by Gasteiger charge is 2.14. The molecule has 0 spiro atoms. The van der Waals surface area contributed by atoms with Crippen molar-refractivity contribution in [1.29, 1.82) is 0 Å². The summed E-state index contributed by atoms with van der Waals surface area (Å²) in [4.78, 5) is 4.34. The zero-order valence-corrected chi connectivity index (χ0v) is 11.6. The quantitative estimate of drug-likeness (QED) is 0.937. The predicted octanol–water partition coefficient (Wildman–Crippen LogP) is 3.59. The first kappa shape index (κ1) is 12.6. The Hall–Kier alpha value is -0.840. The van der Waals surface area contributed by atoms with Gasteiger partial charge in [-0.15, -0.1) is 0 Å². The number of pyridine rings is 1. The van der Waals surface area contributed by atoms with Gasteiger partial charge in [0.1, 0.15) is 5.76 Å². The summed E-state index contributed by atoms with van der Waals surface area (Å²) in [7, 11) is 1.89. The molecule has 0 radical (unpaired) electrons. The van der Waals surface area contributed by atoms with Crippen LogP contribution in [0, 0.1) is 0 Å². The number of halogens is 2. The normalized spacial score (nSPS) is 12.6. The molecule has 1 unspecified atom stereocenters. The summed E-state index contributed by atoms with van der Waals surface area (Å²) in [5.41, 5.74) is 1.00. The van der Waals surface area contributed by atoms with Crippen LogP contribution in [-0.4, -0.2) is 12.0 Å². The van der Waals surface area contributed by atoms with Gasteiger partial charge < -0.3 is 9.73 Å². The summed E-state index contributed by atoms with van der Waals surface area (Å²) < 4.78 is 6.37. The van der Waals surface area contributed by atoms with Crippen molar-refractivity contribution in [2.45, 2.75) is 12.5 Å². The smallest absolute Gasteiger partial charge is 0.193 e. The van der Waals surface area contributed by atoms with Gasteiger partial charge in [0.15, 0.2) is 5.22 Å². The molecule has 0 aliphatic rings. The van der Waals surface area contributed by atoms with Gasteiger partial charge in [0.25, 0.3) is 0 Å². The summed E-state index contributed by atoms with van der Waals surface area (Å²) in [5, 5.41) is 3.60. The Labute approximate surface area is 113 Å². The largest absolute Gasteiger partial charge is 0.448 e. The highest BCUT2D eigenvalue weighted by atomic mass is 79.9. The Balaban J connectivity index is 2.12. The molecular formula is C12H12BrClN2O. The summed E-state index contributed by atoms with van der Waals surface area (Å²) in [6.07, 6.45) is 2.55. The lowest BCUT2D eigenvalue weighted by Gasteiger charge is -2.12. The van der Waals surface area contributed by atoms with Gasteiger partial charge in [-0.25, -0.2) is 0 Å². The van der Waals surface area contributed by atoms with E-state index in [0.717, 1.165) is 22.3 Å². The van der Waals surface area contributed by atoms with E-state index in [2.05, 4.69) is 26.2 Å². The van der Waals surface area contributed by atoms with E-state index < -0.39 is 0 Å². The molecule has 0 saturated carbocycles. The van der Waals surface area contributed by atoms with E-state index in [1.165, 1.54) is 0 Å². The fourth-order valence-corrected chi connectivity index (χ4v) is 1.98. The molecule has 0 aliphatic carbocycles. The van der Waals surface area contributed by atoms with Crippen LogP contribution in [0.3, 0.4) is 0 Å². The molecule has 3 nitrogen and oxygen atoms in total. The van der Waals surface area contributed by atoms with E-state index in [-0.39, 0.29) is 6.04 Å². The van der Waals surface area contributed by atoms with Crippen LogP contribution in [-0.2, 0) is 6.42 Å². The van der Waals surface area contributed by atoms with E-state index in [1.54, 1.807) is 12.3 Å². The third kappa shape index (κ3) is 3.31. The van der Waals surface area contributed by atoms with Crippen LogP contribution < -0.4 is 5.32 Å². The molecule has 0 aromatic carbocycles. The third-order valence-electron chi connectivity index (χ3n) is 2.49. The zero-order chi connectivity index (χ0) is 12.3. The Bertz CT molecular complexity index is 484. The van der Waals surface area contributed by atoms with Crippen molar-refractivity contribution in [3.63, 3.8) is 0 Å². The fraction of sp³-hybridized carbons (Fsp3) is 0.250. The summed E-state index contributed by atoms with van der Waals surface area (Å²) in [6, 6.07) is 7.66. The number of likely N-dealkylation sites (N-methyl/N-ethyl adjacent to an activating group) is 1. The molecule has 17 heavy (non-hydrogen) atoms. The topological polar surface area (TPSA) is 38.1 Å². The van der Waals surface area contributed by atoms with E-state index in [0.29, 0.717) is 5.22 Å². The molecule has 90 valence electrons. The fourth-order valence-electron chi connectivity index (χ4n) is 1.60. The Morgan fingerprint density at radius 3 is 2.76 bits per heavy atom. The summed E-state index contributed by atoms with van der Waals surface area (Å²) in [5.74, 6) is 0.821. The number of aromatic nitrogens is 1. The minimum atomic E-state index is 0.0798. The molecule has 2 aromatic heterocycles. The molecule has 0 aliphatic heterocycles. The van der Waals surface area contributed by atoms with E-state index in [1.807, 2.05) is 25.2 Å². The van der Waals surface area contributed by atoms with Crippen LogP contribution in [0.5, 0.6) is 0 Å². The van der Waals surface area contributed by atoms with Gasteiger partial charge in [-0.2, -0.15) is 0 Å². The van der Waals surface area contributed by atoms with Crippen molar-refractivity contribution in [3.05, 3.63) is 51.6 Å². The average molecular weight is 316 g/mol. The maximum absolute atomic E-state index is 5.77. The molecule has 0 bridgehead atoms. The second-order valence-electron chi connectivity index (χ2n) is 3.66. The second kappa shape index (κ2) is 5.67. The van der Waals surface area contributed by atoms with Gasteiger partial charge in [-0.05, 0) is 58.8 Å². The molecule has 0 fully saturated rings. The molecule has 2 heterocycles. The molecule has 0 amide bonds. The first-order valence-corrected chi connectivity index (χ1v) is 6.39. The highest BCUT2D eigenvalue weighted by molar-refractivity contribution is 9.10. The molecular weight excluding hydrogens is 304 g/mol. The van der Waals surface area contributed by atoms with Crippen LogP contribution in [0.1, 0.15) is 17.5 Å². The van der Waals surface area contributed by atoms with Crippen LogP contribution in [0.4, 0.5) is 0 Å². The van der Waals surface area contributed by atoms with E-state index in [4.69, 9.17) is 16.0 Å². The number of nitrogens with zero attached hydrogens (tertiary/aromatic N) is 1. The third-order valence-corrected chi connectivity index (χ3v) is 3.16. The molecule has 1 atom stereocenters. The molecule has 0 saturated heterocycles. The van der Waals surface area contributed by atoms with Crippen LogP contribution in [0.25, 0.3) is 0 Å². The average Bonchev–Trinajstić information content (AvgIpc) is 2.75. The second-order valence-corrected chi connectivity index (χ2v) is 4.94. The SMILES string of the molecule is CNC(Cc1ccc(Br)cn1)c1ccc(Cl)o1. The number of hydrogen-bond acceptors (Lipinski definition) is 3. The van der Waals surface area contributed by atoms with Gasteiger partial charge in [0.2, 0.25) is 0 Å². The lowest BCUT2D eigenvalue weighted by Crippen LogP contribution is -2.18. The van der Waals surface area contributed by atoms with E-state index >= 15 is 0 Å². The Kier molecular flexibility index (Phi) is 4.20. The highest BCUT2D eigenvalue weighted by Crippen LogP contribution is 2.22. The monoisotopic (exact) mass is 314 g/mol. The number of nitrogens with one attached hydrogen (secondary N) is 1. The van der Waals surface area contributed by atoms with Gasteiger partial charge in [0, 0.05) is 22.8 Å². The van der Waals surface area contributed by atoms with Crippen molar-refractivity contribution in [2.24, 2.45) is 0 Å². The van der Waals surface area contributed by atoms with Crippen LogP contribution in [0.2, 0.25) is 5.22 Å². The standard InChI is InChI=1S/C12H12BrClN2O/c1-15-10(11-4-5-12(14)17-11)6-9-3-2-8(13)7-16-9/h2-5,7,10,15H,6H2,1H3. The van der Waals surface area contributed by atoms with Gasteiger partial charge in [-0.1, -0.05) is 0 Å². The van der Waals surface area contributed by atoms with Gasteiger partial charge >= 0.3 is 0 Å². The van der Waals surface area contributed by atoms with Crippen molar-refractivity contribution in [1.82, 2.24) is 10.3 Å². The maximum atomic E-state index is 5.77. The van der Waals surface area contributed by atoms with Gasteiger partial charge in [0.05, 0.1) is 6.04 Å². The Morgan fingerprint density at radius 1 is 1.41 bits per heavy atom. The summed E-state index contributed by atoms with van der Waals surface area (Å²) >= 11 is 9.13. The first-order chi connectivity index (χ1) is 8.19. The van der Waals surface area contributed by atoms with E-state index in [9.17, 15) is 0 Å². The lowest BCUT2D eigenvalue weighted by atomic mass is 10.1. The van der Waals surface area contributed by atoms with Gasteiger partial charge in [-0.3, -0.25) is 4.98 Å². The van der Waals surface area contributed by atoms with Crippen LogP contribution in [0.15, 0.2) is 39.4 Å². The van der Waals surface area contributed by atoms with Crippen LogP contribution >= 0.6 is 27.5 Å². The molecule has 2 rings (SSSR count). The summed E-state index contributed by atoms with van der Waals surface area (Å²) in [6.45, 7) is 0. The van der Waals surface area contributed by atoms with Crippen molar-refractivity contribution in [3.8, 4) is 0 Å². The Morgan fingerprint density at radius 2 is 2.24 bits per heavy atom. The maximum Gasteiger partial charge on any atom is 0.193 e. The minimum absolute atomic E-state index is 0.0798. The predicted molar refractivity (Wildman–Crippen MR) is 71.2 cm³/mol.